The molecule has 0 radical (unpaired) electrons. The summed E-state index contributed by atoms with van der Waals surface area (Å²) in [6.07, 6.45) is 1.50. The van der Waals surface area contributed by atoms with Gasteiger partial charge in [0.15, 0.2) is 5.54 Å². The van der Waals surface area contributed by atoms with Gasteiger partial charge in [0.2, 0.25) is 4.22 Å². The molecule has 0 saturated heterocycles. The topological polar surface area (TPSA) is 89.5 Å². The summed E-state index contributed by atoms with van der Waals surface area (Å²) in [5.41, 5.74) is 3.34. The molecular formula is C10H16FIN3O2+. The second-order valence-corrected chi connectivity index (χ2v) is 4.14. The second kappa shape index (κ2) is 7.41. The fourth-order valence-electron chi connectivity index (χ4n) is 0.885. The molecule has 0 aromatic heterocycles. The minimum absolute atomic E-state index is 0.333. The molecule has 0 aliphatic carbocycles. The first-order valence-corrected chi connectivity index (χ1v) is 6.15. The number of nitrogens with two attached hydrogens (primary N) is 1. The zero-order chi connectivity index (χ0) is 13.5. The molecule has 0 saturated carbocycles. The number of nitrogens with zero attached hydrogens (tertiary/aromatic N) is 1. The van der Waals surface area contributed by atoms with E-state index in [1.165, 1.54) is 6.08 Å². The number of aliphatic carboxylic acids is 1. The van der Waals surface area contributed by atoms with Crippen LogP contribution in [0.3, 0.4) is 0 Å². The Bertz CT molecular complexity index is 374. The van der Waals surface area contributed by atoms with Gasteiger partial charge in [-0.15, -0.1) is 0 Å². The van der Waals surface area contributed by atoms with Gasteiger partial charge >= 0.3 is 11.8 Å². The molecule has 0 aliphatic heterocycles. The largest absolute Gasteiger partial charge is 0.480 e. The predicted octanol–water partition coefficient (Wildman–Crippen LogP) is 0.570. The van der Waals surface area contributed by atoms with Gasteiger partial charge in [-0.2, -0.15) is 0 Å². The highest BCUT2D eigenvalue weighted by Gasteiger charge is 2.33. The van der Waals surface area contributed by atoms with Crippen molar-refractivity contribution in [2.45, 2.75) is 25.8 Å². The van der Waals surface area contributed by atoms with Crippen LogP contribution in [0.1, 0.15) is 20.3 Å². The zero-order valence-corrected chi connectivity index (χ0v) is 11.9. The van der Waals surface area contributed by atoms with Crippen molar-refractivity contribution in [1.29, 1.82) is 0 Å². The Balaban J connectivity index is 4.28. The first kappa shape index (κ1) is 16.1. The summed E-state index contributed by atoms with van der Waals surface area (Å²) in [7, 11) is 0. The number of carboxylic acids is 1. The number of hydrogen-bond acceptors (Lipinski definition) is 2. The maximum absolute atomic E-state index is 13.4. The van der Waals surface area contributed by atoms with Crippen molar-refractivity contribution < 1.29 is 14.3 Å². The average molecular weight is 356 g/mol. The Kier molecular flexibility index (Phi) is 7.01. The van der Waals surface area contributed by atoms with Crippen LogP contribution in [0.25, 0.3) is 0 Å². The molecule has 1 atom stereocenters. The number of hydrogen-bond donors (Lipinski definition) is 3. The smallest absolute Gasteiger partial charge is 0.340 e. The van der Waals surface area contributed by atoms with E-state index in [9.17, 15) is 9.18 Å². The van der Waals surface area contributed by atoms with Crippen molar-refractivity contribution >= 4 is 38.6 Å². The van der Waals surface area contributed by atoms with E-state index >= 15 is 0 Å². The molecule has 0 amide bonds. The van der Waals surface area contributed by atoms with Crippen LogP contribution in [0, 0.1) is 0 Å². The minimum Gasteiger partial charge on any atom is -0.480 e. The minimum atomic E-state index is -1.96. The first-order valence-electron chi connectivity index (χ1n) is 4.91. The molecule has 0 aliphatic rings. The van der Waals surface area contributed by atoms with Gasteiger partial charge in [-0.05, 0) is 13.0 Å². The van der Waals surface area contributed by atoms with Gasteiger partial charge in [-0.3, -0.25) is 5.32 Å². The van der Waals surface area contributed by atoms with Crippen molar-refractivity contribution in [3.8, 4) is 0 Å². The maximum atomic E-state index is 13.4. The maximum Gasteiger partial charge on any atom is 0.340 e. The monoisotopic (exact) mass is 356 g/mol. The lowest BCUT2D eigenvalue weighted by molar-refractivity contribution is -0.141. The lowest BCUT2D eigenvalue weighted by atomic mass is 10.0. The van der Waals surface area contributed by atoms with E-state index in [1.807, 2.05) is 22.6 Å². The number of rotatable bonds is 5. The Morgan fingerprint density at radius 1 is 1.71 bits per heavy atom. The number of halogens is 2. The lowest BCUT2D eigenvalue weighted by Crippen LogP contribution is -2.45. The van der Waals surface area contributed by atoms with Crippen LogP contribution in [0.15, 0.2) is 11.9 Å². The first-order chi connectivity index (χ1) is 7.82. The zero-order valence-electron chi connectivity index (χ0n) is 9.70. The van der Waals surface area contributed by atoms with Gasteiger partial charge in [-0.1, -0.05) is 0 Å². The standard InChI is InChI=1S/C10H15FIN3O2/c1-7(15-6-12)14-5-3-4-8(11)10(2,13)9(16)17/h4,6H,3,5,13H2,1-2H3,(H,16,17)/p+1/b8-4-/t10-/m0/s1. The van der Waals surface area contributed by atoms with Crippen LogP contribution in [0.4, 0.5) is 4.39 Å². The van der Waals surface area contributed by atoms with E-state index in [0.29, 0.717) is 18.8 Å². The highest BCUT2D eigenvalue weighted by Crippen LogP contribution is 2.15. The average Bonchev–Trinajstić information content (AvgIpc) is 2.24. The van der Waals surface area contributed by atoms with Crippen molar-refractivity contribution in [2.24, 2.45) is 5.73 Å². The van der Waals surface area contributed by atoms with Gasteiger partial charge in [-0.25, -0.2) is 13.9 Å². The molecule has 4 N–H and O–H groups in total. The number of amidine groups is 1. The van der Waals surface area contributed by atoms with E-state index in [-0.39, 0.29) is 0 Å². The molecular weight excluding hydrogens is 340 g/mol. The third kappa shape index (κ3) is 5.81. The molecule has 7 heteroatoms. The summed E-state index contributed by atoms with van der Waals surface area (Å²) in [4.78, 5) is 10.6. The summed E-state index contributed by atoms with van der Waals surface area (Å²) in [5, 5.41) is 11.6. The summed E-state index contributed by atoms with van der Waals surface area (Å²) < 4.78 is 19.0. The normalized spacial score (nSPS) is 14.5. The van der Waals surface area contributed by atoms with Crippen molar-refractivity contribution in [3.63, 3.8) is 0 Å². The quantitative estimate of drug-likeness (QED) is 0.221. The van der Waals surface area contributed by atoms with Crippen LogP contribution in [0.5, 0.6) is 0 Å². The van der Waals surface area contributed by atoms with E-state index in [1.54, 1.807) is 11.1 Å². The van der Waals surface area contributed by atoms with Gasteiger partial charge in [0.05, 0.1) is 13.5 Å². The molecule has 0 rings (SSSR count). The third-order valence-corrected chi connectivity index (χ3v) is 2.31. The third-order valence-electron chi connectivity index (χ3n) is 2.03. The van der Waals surface area contributed by atoms with Crippen LogP contribution >= 0.6 is 22.6 Å². The van der Waals surface area contributed by atoms with Crippen molar-refractivity contribution in [2.75, 3.05) is 6.54 Å². The number of carboxylic acid groups (broad SMARTS) is 1. The Hall–Kier alpha value is -0.920. The van der Waals surface area contributed by atoms with Crippen LogP contribution in [-0.2, 0) is 4.79 Å². The molecule has 0 aromatic carbocycles. The van der Waals surface area contributed by atoms with Crippen LogP contribution in [-0.4, -0.2) is 33.2 Å². The van der Waals surface area contributed by atoms with Crippen molar-refractivity contribution in [1.82, 2.24) is 9.98 Å². The predicted molar refractivity (Wildman–Crippen MR) is 74.9 cm³/mol. The van der Waals surface area contributed by atoms with E-state index < -0.39 is 17.3 Å². The Morgan fingerprint density at radius 3 is 2.76 bits per heavy atom. The van der Waals surface area contributed by atoms with E-state index in [2.05, 4.69) is 9.98 Å². The highest BCUT2D eigenvalue weighted by atomic mass is 127. The van der Waals surface area contributed by atoms with Crippen molar-refractivity contribution in [3.05, 3.63) is 11.9 Å². The molecule has 17 heavy (non-hydrogen) atoms. The van der Waals surface area contributed by atoms with E-state index in [4.69, 9.17) is 10.8 Å². The summed E-state index contributed by atoms with van der Waals surface area (Å²) >= 11 is 1.99. The fraction of sp³-hybridized carbons (Fsp3) is 0.500. The summed E-state index contributed by atoms with van der Waals surface area (Å²) in [5.74, 6) is -1.53. The van der Waals surface area contributed by atoms with Crippen LogP contribution < -0.4 is 15.7 Å². The van der Waals surface area contributed by atoms with E-state index in [0.717, 1.165) is 6.92 Å². The lowest BCUT2D eigenvalue weighted by Gasteiger charge is -2.16. The summed E-state index contributed by atoms with van der Waals surface area (Å²) in [6, 6.07) is 0. The molecule has 0 spiro atoms. The number of carbonyl (C=O) groups is 1. The van der Waals surface area contributed by atoms with Gasteiger partial charge in [0.25, 0.3) is 0 Å². The van der Waals surface area contributed by atoms with Gasteiger partial charge in [0.1, 0.15) is 5.83 Å². The molecule has 0 bridgehead atoms. The molecule has 0 heterocycles. The van der Waals surface area contributed by atoms with Gasteiger partial charge < -0.3 is 10.8 Å². The number of nitrogens with one attached hydrogen (secondary N) is 1. The fourth-order valence-corrected chi connectivity index (χ4v) is 1.30. The summed E-state index contributed by atoms with van der Waals surface area (Å²) in [6.45, 7) is 3.36. The molecule has 0 aromatic rings. The van der Waals surface area contributed by atoms with Crippen LogP contribution in [0.2, 0.25) is 0 Å². The Labute approximate surface area is 113 Å². The van der Waals surface area contributed by atoms with Gasteiger partial charge in [0, 0.05) is 29.0 Å². The molecule has 0 unspecified atom stereocenters. The highest BCUT2D eigenvalue weighted by molar-refractivity contribution is 14.1. The molecule has 0 fully saturated rings. The molecule has 96 valence electrons. The Morgan fingerprint density at radius 2 is 2.29 bits per heavy atom. The second-order valence-electron chi connectivity index (χ2n) is 3.59. The SMILES string of the molecule is CC(=[N+]=CI)NCC/C=C(\F)[C@](C)(N)C(=O)O. The molecule has 5 nitrogen and oxygen atoms in total.